The number of ether oxygens (including phenoxy) is 1. The van der Waals surface area contributed by atoms with Crippen LogP contribution in [0.2, 0.25) is 0 Å². The number of aryl methyl sites for hydroxylation is 1. The molecule has 0 aliphatic rings. The molecule has 0 aliphatic carbocycles. The maximum Gasteiger partial charge on any atom is 0.336 e. The van der Waals surface area contributed by atoms with Crippen LogP contribution in [0.4, 0.5) is 0 Å². The smallest absolute Gasteiger partial charge is 0.336 e. The van der Waals surface area contributed by atoms with Crippen molar-refractivity contribution in [3.05, 3.63) is 40.2 Å². The zero-order chi connectivity index (χ0) is 18.4. The Morgan fingerprint density at radius 2 is 2.04 bits per heavy atom. The highest BCUT2D eigenvalue weighted by Gasteiger charge is 2.19. The summed E-state index contributed by atoms with van der Waals surface area (Å²) in [4.78, 5) is 34.5. The van der Waals surface area contributed by atoms with E-state index in [9.17, 15) is 14.4 Å². The first-order chi connectivity index (χ1) is 11.9. The molecule has 1 aromatic carbocycles. The molecule has 134 valence electrons. The van der Waals surface area contributed by atoms with Gasteiger partial charge in [0.15, 0.2) is 6.61 Å². The van der Waals surface area contributed by atoms with Crippen LogP contribution >= 0.6 is 0 Å². The zero-order valence-corrected chi connectivity index (χ0v) is 14.2. The third kappa shape index (κ3) is 4.82. The van der Waals surface area contributed by atoms with E-state index in [0.717, 1.165) is 10.9 Å². The predicted octanol–water partition coefficient (Wildman–Crippen LogP) is 2.10. The van der Waals surface area contributed by atoms with Crippen LogP contribution in [-0.4, -0.2) is 29.6 Å². The molecule has 0 spiro atoms. The number of carbonyl (C=O) groups excluding carboxylic acids is 1. The van der Waals surface area contributed by atoms with E-state index in [0.29, 0.717) is 30.6 Å². The van der Waals surface area contributed by atoms with Gasteiger partial charge >= 0.3 is 11.6 Å². The molecule has 0 aliphatic heterocycles. The third-order valence-corrected chi connectivity index (χ3v) is 3.76. The molecule has 1 heterocycles. The summed E-state index contributed by atoms with van der Waals surface area (Å²) in [6.07, 6.45) is 1.68. The van der Waals surface area contributed by atoms with Crippen molar-refractivity contribution in [2.45, 2.75) is 39.2 Å². The van der Waals surface area contributed by atoms with Gasteiger partial charge in [0.1, 0.15) is 17.4 Å². The van der Waals surface area contributed by atoms with Gasteiger partial charge in [-0.25, -0.2) is 9.59 Å². The SMILES string of the molecule is CCC[C@@H](NC(=O)COc1ccc2c(CC)cc(=O)oc2c1)C(=O)O. The maximum atomic E-state index is 11.9. The van der Waals surface area contributed by atoms with Gasteiger partial charge in [-0.3, -0.25) is 4.79 Å². The molecule has 0 saturated carbocycles. The van der Waals surface area contributed by atoms with Crippen molar-refractivity contribution in [3.63, 3.8) is 0 Å². The number of carboxylic acids is 1. The molecule has 2 aromatic rings. The standard InChI is InChI=1S/C18H21NO6/c1-3-5-14(18(22)23)19-16(20)10-24-12-6-7-13-11(4-2)8-17(21)25-15(13)9-12/h6-9,14H,3-5,10H2,1-2H3,(H,19,20)(H,22,23)/t14-/m1/s1. The quantitative estimate of drug-likeness (QED) is 0.709. The van der Waals surface area contributed by atoms with Crippen LogP contribution in [0.1, 0.15) is 32.3 Å². The fourth-order valence-corrected chi connectivity index (χ4v) is 2.52. The second kappa shape index (κ2) is 8.32. The molecule has 0 radical (unpaired) electrons. The molecule has 0 bridgehead atoms. The van der Waals surface area contributed by atoms with Gasteiger partial charge in [0.05, 0.1) is 0 Å². The third-order valence-electron chi connectivity index (χ3n) is 3.76. The van der Waals surface area contributed by atoms with Crippen LogP contribution in [0.5, 0.6) is 5.75 Å². The number of carboxylic acid groups (broad SMARTS) is 1. The van der Waals surface area contributed by atoms with Crippen LogP contribution < -0.4 is 15.7 Å². The Hall–Kier alpha value is -2.83. The molecule has 1 amide bonds. The van der Waals surface area contributed by atoms with Gasteiger partial charge in [-0.15, -0.1) is 0 Å². The number of amides is 1. The van der Waals surface area contributed by atoms with E-state index in [1.54, 1.807) is 18.2 Å². The molecule has 2 rings (SSSR count). The molecular formula is C18H21NO6. The Bertz CT molecular complexity index is 826. The van der Waals surface area contributed by atoms with Crippen molar-refractivity contribution in [1.82, 2.24) is 5.32 Å². The van der Waals surface area contributed by atoms with Crippen molar-refractivity contribution in [1.29, 1.82) is 0 Å². The molecular weight excluding hydrogens is 326 g/mol. The summed E-state index contributed by atoms with van der Waals surface area (Å²) < 4.78 is 10.5. The molecule has 7 nitrogen and oxygen atoms in total. The van der Waals surface area contributed by atoms with E-state index in [-0.39, 0.29) is 6.61 Å². The van der Waals surface area contributed by atoms with E-state index < -0.39 is 23.5 Å². The Morgan fingerprint density at radius 3 is 2.68 bits per heavy atom. The number of aliphatic carboxylic acids is 1. The summed E-state index contributed by atoms with van der Waals surface area (Å²) in [5, 5.41) is 12.3. The highest BCUT2D eigenvalue weighted by Crippen LogP contribution is 2.23. The number of hydrogen-bond acceptors (Lipinski definition) is 5. The summed E-state index contributed by atoms with van der Waals surface area (Å²) in [6, 6.07) is 5.51. The first-order valence-electron chi connectivity index (χ1n) is 8.16. The van der Waals surface area contributed by atoms with E-state index in [2.05, 4.69) is 5.32 Å². The lowest BCUT2D eigenvalue weighted by atomic mass is 10.1. The Labute approximate surface area is 144 Å². The van der Waals surface area contributed by atoms with Crippen molar-refractivity contribution in [2.75, 3.05) is 6.61 Å². The summed E-state index contributed by atoms with van der Waals surface area (Å²) in [7, 11) is 0. The lowest BCUT2D eigenvalue weighted by Gasteiger charge is -2.14. The lowest BCUT2D eigenvalue weighted by Crippen LogP contribution is -2.42. The number of hydrogen-bond donors (Lipinski definition) is 2. The molecule has 2 N–H and O–H groups in total. The summed E-state index contributed by atoms with van der Waals surface area (Å²) >= 11 is 0. The fraction of sp³-hybridized carbons (Fsp3) is 0.389. The normalized spacial score (nSPS) is 11.9. The van der Waals surface area contributed by atoms with Crippen molar-refractivity contribution in [2.24, 2.45) is 0 Å². The van der Waals surface area contributed by atoms with Crippen LogP contribution in [-0.2, 0) is 16.0 Å². The van der Waals surface area contributed by atoms with Gasteiger partial charge < -0.3 is 19.6 Å². The van der Waals surface area contributed by atoms with Crippen molar-refractivity contribution in [3.8, 4) is 5.75 Å². The fourth-order valence-electron chi connectivity index (χ4n) is 2.52. The van der Waals surface area contributed by atoms with Gasteiger partial charge in [0.2, 0.25) is 0 Å². The highest BCUT2D eigenvalue weighted by molar-refractivity contribution is 5.85. The first-order valence-corrected chi connectivity index (χ1v) is 8.16. The van der Waals surface area contributed by atoms with E-state index in [1.165, 1.54) is 6.07 Å². The second-order valence-electron chi connectivity index (χ2n) is 5.64. The highest BCUT2D eigenvalue weighted by atomic mass is 16.5. The van der Waals surface area contributed by atoms with Gasteiger partial charge in [-0.1, -0.05) is 20.3 Å². The van der Waals surface area contributed by atoms with Crippen molar-refractivity contribution >= 4 is 22.8 Å². The first kappa shape index (κ1) is 18.5. The van der Waals surface area contributed by atoms with Crippen LogP contribution in [0.15, 0.2) is 33.5 Å². The second-order valence-corrected chi connectivity index (χ2v) is 5.64. The lowest BCUT2D eigenvalue weighted by molar-refractivity contribution is -0.142. The summed E-state index contributed by atoms with van der Waals surface area (Å²) in [6.45, 7) is 3.46. The Kier molecular flexibility index (Phi) is 6.16. The van der Waals surface area contributed by atoms with Crippen molar-refractivity contribution < 1.29 is 23.8 Å². The Morgan fingerprint density at radius 1 is 1.28 bits per heavy atom. The van der Waals surface area contributed by atoms with Crippen LogP contribution in [0.25, 0.3) is 11.0 Å². The average molecular weight is 347 g/mol. The van der Waals surface area contributed by atoms with Crippen LogP contribution in [0.3, 0.4) is 0 Å². The largest absolute Gasteiger partial charge is 0.484 e. The summed E-state index contributed by atoms with van der Waals surface area (Å²) in [5.74, 6) is -1.24. The molecule has 25 heavy (non-hydrogen) atoms. The van der Waals surface area contributed by atoms with Gasteiger partial charge in [-0.05, 0) is 30.5 Å². The van der Waals surface area contributed by atoms with E-state index in [4.69, 9.17) is 14.3 Å². The van der Waals surface area contributed by atoms with Gasteiger partial charge in [0, 0.05) is 17.5 Å². The monoisotopic (exact) mass is 347 g/mol. The molecule has 0 fully saturated rings. The number of fused-ring (bicyclic) bond motifs is 1. The molecule has 1 atom stereocenters. The number of rotatable bonds is 8. The van der Waals surface area contributed by atoms with Gasteiger partial charge in [-0.2, -0.15) is 0 Å². The molecule has 1 aromatic heterocycles. The topological polar surface area (TPSA) is 106 Å². The van der Waals surface area contributed by atoms with Crippen LogP contribution in [0, 0.1) is 0 Å². The average Bonchev–Trinajstić information content (AvgIpc) is 2.58. The summed E-state index contributed by atoms with van der Waals surface area (Å²) in [5.41, 5.74) is 0.819. The van der Waals surface area contributed by atoms with Gasteiger partial charge in [0.25, 0.3) is 5.91 Å². The molecule has 0 saturated heterocycles. The minimum atomic E-state index is -1.07. The minimum Gasteiger partial charge on any atom is -0.484 e. The zero-order valence-electron chi connectivity index (χ0n) is 14.2. The number of nitrogens with one attached hydrogen (secondary N) is 1. The van der Waals surface area contributed by atoms with E-state index >= 15 is 0 Å². The molecule has 7 heteroatoms. The molecule has 0 unspecified atom stereocenters. The van der Waals surface area contributed by atoms with E-state index in [1.807, 2.05) is 13.8 Å². The Balaban J connectivity index is 2.07. The predicted molar refractivity (Wildman–Crippen MR) is 91.8 cm³/mol. The minimum absolute atomic E-state index is 0.323. The maximum absolute atomic E-state index is 11.9. The number of carbonyl (C=O) groups is 2. The number of benzene rings is 1.